The first-order valence-electron chi connectivity index (χ1n) is 11.6. The van der Waals surface area contributed by atoms with Crippen LogP contribution in [0.4, 0.5) is 0 Å². The number of carbonyl (C=O) groups excluding carboxylic acids is 2. The Balaban J connectivity index is 1.33. The van der Waals surface area contributed by atoms with E-state index in [4.69, 9.17) is 18.9 Å². The van der Waals surface area contributed by atoms with Crippen molar-refractivity contribution in [3.8, 4) is 0 Å². The molecule has 5 rings (SSSR count). The molecule has 3 atom stereocenters. The van der Waals surface area contributed by atoms with Crippen LogP contribution >= 0.6 is 0 Å². The third kappa shape index (κ3) is 4.70. The monoisotopic (exact) mass is 470 g/mol. The molecular weight excluding hydrogens is 444 g/mol. The molecule has 0 N–H and O–H groups in total. The van der Waals surface area contributed by atoms with Gasteiger partial charge in [0.15, 0.2) is 0 Å². The number of benzene rings is 3. The standard InChI is InChI=1S/C29H26O6/c1-32-27(30)25-18-35-29(34-16-19-8-3-2-4-9-19)26-21(14-15-23(25)26)17-33-28(31)24-13-7-11-20-10-5-6-12-22(20)24/h2-14,18,23,26,29H,15-17H2,1H3/t23-,26-,29-/m1/s1. The molecule has 6 heteroatoms. The van der Waals surface area contributed by atoms with E-state index in [1.54, 1.807) is 6.07 Å². The molecule has 3 aromatic rings. The first kappa shape index (κ1) is 22.9. The van der Waals surface area contributed by atoms with Gasteiger partial charge in [0.2, 0.25) is 6.29 Å². The Morgan fingerprint density at radius 2 is 1.69 bits per heavy atom. The van der Waals surface area contributed by atoms with Gasteiger partial charge in [0.25, 0.3) is 0 Å². The molecule has 6 nitrogen and oxygen atoms in total. The Bertz CT molecular complexity index is 1290. The third-order valence-electron chi connectivity index (χ3n) is 6.58. The topological polar surface area (TPSA) is 71.1 Å². The van der Waals surface area contributed by atoms with Crippen LogP contribution in [0.3, 0.4) is 0 Å². The maximum absolute atomic E-state index is 13.0. The molecule has 178 valence electrons. The molecule has 1 heterocycles. The van der Waals surface area contributed by atoms with E-state index in [2.05, 4.69) is 0 Å². The van der Waals surface area contributed by atoms with E-state index >= 15 is 0 Å². The molecule has 0 bridgehead atoms. The van der Waals surface area contributed by atoms with E-state index in [-0.39, 0.29) is 18.4 Å². The molecule has 3 aromatic carbocycles. The molecule has 0 saturated heterocycles. The lowest BCUT2D eigenvalue weighted by Gasteiger charge is -2.34. The van der Waals surface area contributed by atoms with Crippen LogP contribution in [0.15, 0.2) is 96.3 Å². The van der Waals surface area contributed by atoms with E-state index in [0.29, 0.717) is 24.2 Å². The van der Waals surface area contributed by atoms with Crippen LogP contribution in [0.5, 0.6) is 0 Å². The zero-order valence-electron chi connectivity index (χ0n) is 19.4. The number of hydrogen-bond acceptors (Lipinski definition) is 6. The second-order valence-corrected chi connectivity index (χ2v) is 8.62. The summed E-state index contributed by atoms with van der Waals surface area (Å²) in [6, 6.07) is 23.1. The Morgan fingerprint density at radius 3 is 2.51 bits per heavy atom. The number of methoxy groups -OCH3 is 1. The number of ether oxygens (including phenoxy) is 4. The molecule has 0 saturated carbocycles. The minimum atomic E-state index is -0.612. The van der Waals surface area contributed by atoms with Gasteiger partial charge in [-0.3, -0.25) is 0 Å². The number of rotatable bonds is 7. The van der Waals surface area contributed by atoms with Crippen molar-refractivity contribution in [2.75, 3.05) is 13.7 Å². The SMILES string of the molecule is COC(=O)C1=CO[C@@H](OCc2ccccc2)[C@@H]2C(COC(=O)c3cccc4ccccc34)=CC[C@H]12. The number of carbonyl (C=O) groups is 2. The predicted molar refractivity (Wildman–Crippen MR) is 130 cm³/mol. The second kappa shape index (κ2) is 10.2. The molecule has 35 heavy (non-hydrogen) atoms. The molecule has 0 unspecified atom stereocenters. The molecule has 0 aromatic heterocycles. The summed E-state index contributed by atoms with van der Waals surface area (Å²) in [7, 11) is 1.35. The van der Waals surface area contributed by atoms with Gasteiger partial charge in [-0.15, -0.1) is 0 Å². The van der Waals surface area contributed by atoms with Crippen molar-refractivity contribution in [3.05, 3.63) is 107 Å². The predicted octanol–water partition coefficient (Wildman–Crippen LogP) is 5.19. The Labute approximate surface area is 203 Å². The van der Waals surface area contributed by atoms with E-state index in [0.717, 1.165) is 21.9 Å². The van der Waals surface area contributed by atoms with Gasteiger partial charge >= 0.3 is 11.9 Å². The van der Waals surface area contributed by atoms with Crippen LogP contribution in [0, 0.1) is 11.8 Å². The van der Waals surface area contributed by atoms with Crippen molar-refractivity contribution < 1.29 is 28.5 Å². The zero-order valence-corrected chi connectivity index (χ0v) is 19.4. The zero-order chi connectivity index (χ0) is 24.2. The minimum Gasteiger partial charge on any atom is -0.471 e. The largest absolute Gasteiger partial charge is 0.471 e. The lowest BCUT2D eigenvalue weighted by molar-refractivity contribution is -0.161. The minimum absolute atomic E-state index is 0.0895. The quantitative estimate of drug-likeness (QED) is 0.350. The van der Waals surface area contributed by atoms with Gasteiger partial charge in [0.1, 0.15) is 6.61 Å². The van der Waals surface area contributed by atoms with Crippen molar-refractivity contribution in [2.24, 2.45) is 11.8 Å². The summed E-state index contributed by atoms with van der Waals surface area (Å²) in [6.45, 7) is 0.450. The highest BCUT2D eigenvalue weighted by atomic mass is 16.7. The Hall–Kier alpha value is -3.90. The molecule has 1 aliphatic heterocycles. The van der Waals surface area contributed by atoms with Gasteiger partial charge in [-0.2, -0.15) is 0 Å². The fourth-order valence-corrected chi connectivity index (χ4v) is 4.81. The van der Waals surface area contributed by atoms with E-state index in [1.165, 1.54) is 13.4 Å². The fourth-order valence-electron chi connectivity index (χ4n) is 4.81. The number of hydrogen-bond donors (Lipinski definition) is 0. The maximum atomic E-state index is 13.0. The molecule has 1 aliphatic carbocycles. The van der Waals surface area contributed by atoms with Gasteiger partial charge in [-0.25, -0.2) is 9.59 Å². The van der Waals surface area contributed by atoms with Crippen molar-refractivity contribution in [3.63, 3.8) is 0 Å². The average molecular weight is 471 g/mol. The molecule has 0 amide bonds. The van der Waals surface area contributed by atoms with E-state index in [9.17, 15) is 9.59 Å². The first-order chi connectivity index (χ1) is 17.2. The van der Waals surface area contributed by atoms with Crippen molar-refractivity contribution >= 4 is 22.7 Å². The highest BCUT2D eigenvalue weighted by molar-refractivity contribution is 6.04. The molecule has 2 aliphatic rings. The number of esters is 2. The summed E-state index contributed by atoms with van der Waals surface area (Å²) < 4.78 is 22.7. The lowest BCUT2D eigenvalue weighted by atomic mass is 9.83. The smallest absolute Gasteiger partial charge is 0.339 e. The van der Waals surface area contributed by atoms with Crippen LogP contribution in [0.1, 0.15) is 22.3 Å². The van der Waals surface area contributed by atoms with Gasteiger partial charge in [0, 0.05) is 5.92 Å². The summed E-state index contributed by atoms with van der Waals surface area (Å²) in [5.74, 6) is -1.25. The summed E-state index contributed by atoms with van der Waals surface area (Å²) in [4.78, 5) is 25.3. The maximum Gasteiger partial charge on any atom is 0.339 e. The van der Waals surface area contributed by atoms with Crippen molar-refractivity contribution in [1.29, 1.82) is 0 Å². The van der Waals surface area contributed by atoms with Gasteiger partial charge in [0.05, 0.1) is 37.0 Å². The van der Waals surface area contributed by atoms with Crippen LogP contribution < -0.4 is 0 Å². The van der Waals surface area contributed by atoms with Crippen LogP contribution in [-0.4, -0.2) is 31.9 Å². The highest BCUT2D eigenvalue weighted by Gasteiger charge is 2.45. The fraction of sp³-hybridized carbons (Fsp3) is 0.241. The van der Waals surface area contributed by atoms with Gasteiger partial charge < -0.3 is 18.9 Å². The van der Waals surface area contributed by atoms with Crippen molar-refractivity contribution in [1.82, 2.24) is 0 Å². The lowest BCUT2D eigenvalue weighted by Crippen LogP contribution is -2.37. The van der Waals surface area contributed by atoms with E-state index in [1.807, 2.05) is 72.8 Å². The Kier molecular flexibility index (Phi) is 6.64. The first-order valence-corrected chi connectivity index (χ1v) is 11.6. The van der Waals surface area contributed by atoms with Crippen LogP contribution in [0.25, 0.3) is 10.8 Å². The number of allylic oxidation sites excluding steroid dienone is 1. The number of fused-ring (bicyclic) bond motifs is 2. The van der Waals surface area contributed by atoms with Crippen LogP contribution in [0.2, 0.25) is 0 Å². The summed E-state index contributed by atoms with van der Waals surface area (Å²) in [6.07, 6.45) is 3.46. The second-order valence-electron chi connectivity index (χ2n) is 8.62. The molecular formula is C29H26O6. The summed E-state index contributed by atoms with van der Waals surface area (Å²) >= 11 is 0. The molecule has 0 radical (unpaired) electrons. The van der Waals surface area contributed by atoms with Crippen LogP contribution in [-0.2, 0) is 30.3 Å². The summed E-state index contributed by atoms with van der Waals surface area (Å²) in [5, 5.41) is 1.82. The van der Waals surface area contributed by atoms with Gasteiger partial charge in [-0.05, 0) is 34.4 Å². The van der Waals surface area contributed by atoms with Gasteiger partial charge in [-0.1, -0.05) is 72.8 Å². The Morgan fingerprint density at radius 1 is 0.914 bits per heavy atom. The van der Waals surface area contributed by atoms with Crippen molar-refractivity contribution in [2.45, 2.75) is 19.3 Å². The normalized spacial score (nSPS) is 20.9. The third-order valence-corrected chi connectivity index (χ3v) is 6.58. The highest BCUT2D eigenvalue weighted by Crippen LogP contribution is 2.44. The molecule has 0 spiro atoms. The average Bonchev–Trinajstić information content (AvgIpc) is 3.34. The molecule has 0 fully saturated rings. The summed E-state index contributed by atoms with van der Waals surface area (Å²) in [5.41, 5.74) is 2.87. The van der Waals surface area contributed by atoms with E-state index < -0.39 is 18.2 Å².